The smallest absolute Gasteiger partial charge is 0.325 e. The molecule has 0 bridgehead atoms. The van der Waals surface area contributed by atoms with Crippen LogP contribution in [0.5, 0.6) is 0 Å². The predicted octanol–water partition coefficient (Wildman–Crippen LogP) is 3.51. The summed E-state index contributed by atoms with van der Waals surface area (Å²) in [6.07, 6.45) is 0. The minimum Gasteiger partial charge on any atom is -0.422 e. The first-order valence-corrected chi connectivity index (χ1v) is 7.24. The fraction of sp³-hybridized carbons (Fsp3) is 0. The van der Waals surface area contributed by atoms with Gasteiger partial charge in [-0.3, -0.25) is 10.1 Å². The molecule has 3 aromatic rings. The Kier molecular flexibility index (Phi) is 4.18. The van der Waals surface area contributed by atoms with Gasteiger partial charge >= 0.3 is 6.01 Å². The molecule has 0 atom stereocenters. The van der Waals surface area contributed by atoms with Gasteiger partial charge in [-0.25, -0.2) is 0 Å². The van der Waals surface area contributed by atoms with Crippen LogP contribution < -0.4 is 11.1 Å². The molecule has 1 aromatic heterocycles. The molecule has 0 radical (unpaired) electrons. The molecule has 0 fully saturated rings. The molecular formula is C15H10Cl2N4O2. The van der Waals surface area contributed by atoms with Crippen molar-refractivity contribution < 1.29 is 9.21 Å². The van der Waals surface area contributed by atoms with E-state index in [1.165, 1.54) is 12.1 Å². The van der Waals surface area contributed by atoms with E-state index >= 15 is 0 Å². The van der Waals surface area contributed by atoms with Gasteiger partial charge in [0.15, 0.2) is 5.58 Å². The maximum Gasteiger partial charge on any atom is 0.325 e. The number of nitrogens with zero attached hydrogens (tertiary/aromatic N) is 2. The van der Waals surface area contributed by atoms with Crippen LogP contribution in [0.15, 0.2) is 51.9 Å². The highest BCUT2D eigenvalue weighted by atomic mass is 35.5. The molecule has 3 rings (SSSR count). The highest BCUT2D eigenvalue weighted by Gasteiger charge is 2.12. The summed E-state index contributed by atoms with van der Waals surface area (Å²) in [5.74, 6) is -0.670. The van der Waals surface area contributed by atoms with Crippen LogP contribution in [0.2, 0.25) is 10.0 Å². The molecule has 1 amide bonds. The van der Waals surface area contributed by atoms with E-state index in [1.54, 1.807) is 18.2 Å². The lowest BCUT2D eigenvalue weighted by Crippen LogP contribution is -2.36. The van der Waals surface area contributed by atoms with Gasteiger partial charge in [0, 0.05) is 5.02 Å². The number of nitrogens with one attached hydrogen (secondary N) is 1. The summed E-state index contributed by atoms with van der Waals surface area (Å²) >= 11 is 11.8. The number of carbonyl (C=O) groups excluding carboxylic acids is 1. The van der Waals surface area contributed by atoms with Crippen molar-refractivity contribution in [3.05, 3.63) is 58.1 Å². The summed E-state index contributed by atoms with van der Waals surface area (Å²) in [6.45, 7) is 0. The van der Waals surface area contributed by atoms with Gasteiger partial charge in [0.25, 0.3) is 5.91 Å². The standard InChI is InChI=1S/C15H10Cl2N4O2/c16-8-5-6-9(10(17)7-8)13(22)20-14(18)21-15-19-11-3-1-2-4-12(11)23-15/h1-7H,(H3,18,19,20,21,22). The van der Waals surface area contributed by atoms with Crippen LogP contribution in [0.25, 0.3) is 11.1 Å². The van der Waals surface area contributed by atoms with Crippen molar-refractivity contribution in [2.24, 2.45) is 10.7 Å². The van der Waals surface area contributed by atoms with Crippen LogP contribution in [0.3, 0.4) is 0 Å². The number of hydrogen-bond acceptors (Lipinski definition) is 4. The number of nitrogens with two attached hydrogens (primary N) is 1. The third-order valence-electron chi connectivity index (χ3n) is 2.92. The van der Waals surface area contributed by atoms with Gasteiger partial charge in [-0.2, -0.15) is 9.98 Å². The fourth-order valence-corrected chi connectivity index (χ4v) is 2.39. The third-order valence-corrected chi connectivity index (χ3v) is 3.46. The van der Waals surface area contributed by atoms with Gasteiger partial charge < -0.3 is 10.2 Å². The number of hydrogen-bond donors (Lipinski definition) is 2. The summed E-state index contributed by atoms with van der Waals surface area (Å²) < 4.78 is 5.39. The van der Waals surface area contributed by atoms with Gasteiger partial charge in [-0.05, 0) is 30.3 Å². The molecule has 116 valence electrons. The van der Waals surface area contributed by atoms with Crippen LogP contribution in [-0.4, -0.2) is 16.9 Å². The van der Waals surface area contributed by atoms with E-state index in [-0.39, 0.29) is 22.6 Å². The van der Waals surface area contributed by atoms with Crippen molar-refractivity contribution in [3.63, 3.8) is 0 Å². The summed E-state index contributed by atoms with van der Waals surface area (Å²) in [4.78, 5) is 20.2. The number of carbonyl (C=O) groups is 1. The highest BCUT2D eigenvalue weighted by Crippen LogP contribution is 2.21. The molecule has 1 heterocycles. The largest absolute Gasteiger partial charge is 0.422 e. The first-order valence-electron chi connectivity index (χ1n) is 6.49. The van der Waals surface area contributed by atoms with E-state index in [9.17, 15) is 4.79 Å². The summed E-state index contributed by atoms with van der Waals surface area (Å²) in [6, 6.07) is 11.7. The van der Waals surface area contributed by atoms with E-state index in [1.807, 2.05) is 12.1 Å². The van der Waals surface area contributed by atoms with Crippen molar-refractivity contribution in [3.8, 4) is 0 Å². The molecule has 3 N–H and O–H groups in total. The Hall–Kier alpha value is -2.57. The second-order valence-electron chi connectivity index (χ2n) is 4.54. The van der Waals surface area contributed by atoms with Gasteiger partial charge in [-0.1, -0.05) is 35.3 Å². The molecule has 8 heteroatoms. The molecule has 0 saturated carbocycles. The van der Waals surface area contributed by atoms with Crippen LogP contribution >= 0.6 is 23.2 Å². The van der Waals surface area contributed by atoms with Crippen molar-refractivity contribution in [1.82, 2.24) is 10.3 Å². The van der Waals surface area contributed by atoms with Gasteiger partial charge in [0.05, 0.1) is 10.6 Å². The number of rotatable bonds is 2. The van der Waals surface area contributed by atoms with Gasteiger partial charge in [0.2, 0.25) is 5.96 Å². The lowest BCUT2D eigenvalue weighted by atomic mass is 10.2. The molecule has 2 aromatic carbocycles. The van der Waals surface area contributed by atoms with E-state index < -0.39 is 5.91 Å². The number of amides is 1. The zero-order valence-electron chi connectivity index (χ0n) is 11.6. The maximum atomic E-state index is 12.1. The zero-order valence-corrected chi connectivity index (χ0v) is 13.1. The monoisotopic (exact) mass is 348 g/mol. The highest BCUT2D eigenvalue weighted by molar-refractivity contribution is 6.37. The SMILES string of the molecule is N/C(=N\c1nc2ccccc2o1)NC(=O)c1ccc(Cl)cc1Cl. The number of guanidine groups is 1. The molecule has 0 aliphatic rings. The Morgan fingerprint density at radius 1 is 1.22 bits per heavy atom. The second kappa shape index (κ2) is 6.28. The third kappa shape index (κ3) is 3.44. The first-order chi connectivity index (χ1) is 11.0. The number of benzene rings is 2. The topological polar surface area (TPSA) is 93.5 Å². The van der Waals surface area contributed by atoms with Crippen LogP contribution in [0.1, 0.15) is 10.4 Å². The first kappa shape index (κ1) is 15.3. The Morgan fingerprint density at radius 3 is 2.74 bits per heavy atom. The molecule has 0 unspecified atom stereocenters. The zero-order chi connectivity index (χ0) is 16.4. The molecule has 23 heavy (non-hydrogen) atoms. The summed E-state index contributed by atoms with van der Waals surface area (Å²) in [5, 5.41) is 3.05. The molecule has 0 aliphatic heterocycles. The Labute approximate surface area is 140 Å². The average molecular weight is 349 g/mol. The Balaban J connectivity index is 1.79. The molecule has 0 spiro atoms. The number of fused-ring (bicyclic) bond motifs is 1. The lowest BCUT2D eigenvalue weighted by molar-refractivity contribution is 0.0977. The Bertz CT molecular complexity index is 888. The quantitative estimate of drug-likeness (QED) is 0.547. The summed E-state index contributed by atoms with van der Waals surface area (Å²) in [5.41, 5.74) is 7.14. The predicted molar refractivity (Wildman–Crippen MR) is 89.2 cm³/mol. The number of oxazole rings is 1. The number of aliphatic imine (C=N–C) groups is 1. The maximum absolute atomic E-state index is 12.1. The molecule has 0 saturated heterocycles. The van der Waals surface area contributed by atoms with Crippen LogP contribution in [-0.2, 0) is 0 Å². The van der Waals surface area contributed by atoms with E-state index in [0.29, 0.717) is 16.1 Å². The van der Waals surface area contributed by atoms with E-state index in [4.69, 9.17) is 33.4 Å². The minimum absolute atomic E-state index is 0.0474. The molecule has 6 nitrogen and oxygen atoms in total. The van der Waals surface area contributed by atoms with Crippen molar-refractivity contribution in [2.75, 3.05) is 0 Å². The van der Waals surface area contributed by atoms with Crippen molar-refractivity contribution >= 4 is 52.2 Å². The fourth-order valence-electron chi connectivity index (χ4n) is 1.90. The molecular weight excluding hydrogens is 339 g/mol. The van der Waals surface area contributed by atoms with Crippen molar-refractivity contribution in [2.45, 2.75) is 0 Å². The Morgan fingerprint density at radius 2 is 2.00 bits per heavy atom. The number of para-hydroxylation sites is 2. The van der Waals surface area contributed by atoms with Gasteiger partial charge in [-0.15, -0.1) is 0 Å². The average Bonchev–Trinajstić information content (AvgIpc) is 2.88. The van der Waals surface area contributed by atoms with E-state index in [0.717, 1.165) is 0 Å². The minimum atomic E-state index is -0.510. The van der Waals surface area contributed by atoms with Crippen LogP contribution in [0, 0.1) is 0 Å². The normalized spacial score (nSPS) is 11.7. The van der Waals surface area contributed by atoms with Crippen molar-refractivity contribution in [1.29, 1.82) is 0 Å². The second-order valence-corrected chi connectivity index (χ2v) is 5.38. The number of aromatic nitrogens is 1. The number of halogens is 2. The van der Waals surface area contributed by atoms with Gasteiger partial charge in [0.1, 0.15) is 5.52 Å². The summed E-state index contributed by atoms with van der Waals surface area (Å²) in [7, 11) is 0. The van der Waals surface area contributed by atoms with E-state index in [2.05, 4.69) is 15.3 Å². The lowest BCUT2D eigenvalue weighted by Gasteiger charge is -2.05. The molecule has 0 aliphatic carbocycles. The van der Waals surface area contributed by atoms with Crippen LogP contribution in [0.4, 0.5) is 6.01 Å².